The van der Waals surface area contributed by atoms with Gasteiger partial charge in [0.05, 0.1) is 0 Å². The number of rotatable bonds is 5. The molecule has 0 unspecified atom stereocenters. The number of Topliss-reactive ketones (excluding diaryl/α,β-unsaturated/α-hetero) is 1. The molecular weight excluding hydrogens is 397 g/mol. The largest absolute Gasteiger partial charge is 0.294 e. The summed E-state index contributed by atoms with van der Waals surface area (Å²) in [6.07, 6.45) is 3.49. The molecule has 8 heteroatoms. The van der Waals surface area contributed by atoms with Crippen molar-refractivity contribution in [2.45, 2.75) is 35.9 Å². The number of amides is 1. The molecule has 0 radical (unpaired) electrons. The van der Waals surface area contributed by atoms with Gasteiger partial charge in [0.15, 0.2) is 10.1 Å². The van der Waals surface area contributed by atoms with E-state index in [1.807, 2.05) is 0 Å². The lowest BCUT2D eigenvalue weighted by Gasteiger charge is -2.36. The minimum Gasteiger partial charge on any atom is -0.294 e. The van der Waals surface area contributed by atoms with Crippen molar-refractivity contribution in [3.05, 3.63) is 59.6 Å². The maximum absolute atomic E-state index is 14.4. The van der Waals surface area contributed by atoms with Crippen LogP contribution in [0, 0.1) is 5.82 Å². The molecule has 0 fully saturated rings. The van der Waals surface area contributed by atoms with Gasteiger partial charge in [-0.25, -0.2) is 4.39 Å². The number of benzene rings is 1. The summed E-state index contributed by atoms with van der Waals surface area (Å²) in [6.45, 7) is 3.69. The second kappa shape index (κ2) is 7.97. The van der Waals surface area contributed by atoms with Gasteiger partial charge in [-0.05, 0) is 24.5 Å². The highest BCUT2D eigenvalue weighted by atomic mass is 32.2. The fourth-order valence-corrected chi connectivity index (χ4v) is 5.36. The van der Waals surface area contributed by atoms with Crippen LogP contribution in [0.1, 0.15) is 37.2 Å². The first-order valence-electron chi connectivity index (χ1n) is 9.01. The zero-order valence-electron chi connectivity index (χ0n) is 15.1. The Hall–Kier alpha value is -2.32. The Balaban J connectivity index is 1.78. The van der Waals surface area contributed by atoms with E-state index in [1.165, 1.54) is 34.1 Å². The van der Waals surface area contributed by atoms with E-state index in [4.69, 9.17) is 0 Å². The normalized spacial score (nSPS) is 19.8. The van der Waals surface area contributed by atoms with E-state index < -0.39 is 11.7 Å². The molecule has 144 valence electrons. The number of thioether (sulfide) groups is 1. The van der Waals surface area contributed by atoms with Crippen molar-refractivity contribution in [2.24, 2.45) is 0 Å². The summed E-state index contributed by atoms with van der Waals surface area (Å²) in [5.41, 5.74) is 1.60. The molecule has 0 spiro atoms. The third-order valence-corrected chi connectivity index (χ3v) is 6.91. The van der Waals surface area contributed by atoms with Crippen LogP contribution >= 0.6 is 23.1 Å². The molecule has 4 rings (SSSR count). The van der Waals surface area contributed by atoms with Crippen molar-refractivity contribution in [2.75, 3.05) is 10.7 Å². The van der Waals surface area contributed by atoms with Crippen molar-refractivity contribution >= 4 is 39.9 Å². The Bertz CT molecular complexity index is 985. The fourth-order valence-electron chi connectivity index (χ4n) is 3.72. The molecule has 2 aromatic rings. The molecule has 1 aliphatic heterocycles. The number of halogens is 1. The fraction of sp³-hybridized carbons (Fsp3) is 0.300. The van der Waals surface area contributed by atoms with Gasteiger partial charge < -0.3 is 0 Å². The van der Waals surface area contributed by atoms with Crippen molar-refractivity contribution in [1.82, 2.24) is 10.2 Å². The van der Waals surface area contributed by atoms with Crippen LogP contribution in [0.3, 0.4) is 0 Å². The highest BCUT2D eigenvalue weighted by molar-refractivity contribution is 8.01. The summed E-state index contributed by atoms with van der Waals surface area (Å²) in [4.78, 5) is 27.4. The minimum atomic E-state index is -0.546. The van der Waals surface area contributed by atoms with Crippen LogP contribution in [0.5, 0.6) is 0 Å². The summed E-state index contributed by atoms with van der Waals surface area (Å²) >= 11 is 2.81. The Morgan fingerprint density at radius 2 is 2.11 bits per heavy atom. The molecule has 2 aliphatic rings. The number of aromatic nitrogens is 2. The van der Waals surface area contributed by atoms with Gasteiger partial charge in [0.2, 0.25) is 11.0 Å². The molecule has 5 nitrogen and oxygen atoms in total. The summed E-state index contributed by atoms with van der Waals surface area (Å²) in [5.74, 6) is -0.436. The Morgan fingerprint density at radius 3 is 2.89 bits per heavy atom. The molecule has 0 saturated carbocycles. The van der Waals surface area contributed by atoms with Gasteiger partial charge in [0.1, 0.15) is 5.82 Å². The van der Waals surface area contributed by atoms with Crippen molar-refractivity contribution < 1.29 is 14.0 Å². The van der Waals surface area contributed by atoms with Crippen molar-refractivity contribution in [1.29, 1.82) is 0 Å². The van der Waals surface area contributed by atoms with Crippen LogP contribution in [0.15, 0.2) is 52.5 Å². The topological polar surface area (TPSA) is 63.2 Å². The first-order chi connectivity index (χ1) is 13.6. The average molecular weight is 416 g/mol. The minimum absolute atomic E-state index is 0.0159. The number of anilines is 1. The molecule has 0 N–H and O–H groups in total. The second-order valence-corrected chi connectivity index (χ2v) is 8.82. The predicted octanol–water partition coefficient (Wildman–Crippen LogP) is 4.48. The molecule has 28 heavy (non-hydrogen) atoms. The molecule has 0 bridgehead atoms. The summed E-state index contributed by atoms with van der Waals surface area (Å²) in [7, 11) is 0. The average Bonchev–Trinajstić information content (AvgIpc) is 3.14. The summed E-state index contributed by atoms with van der Waals surface area (Å²) < 4.78 is 15.2. The van der Waals surface area contributed by atoms with E-state index in [-0.39, 0.29) is 18.1 Å². The van der Waals surface area contributed by atoms with Gasteiger partial charge in [-0.1, -0.05) is 47.4 Å². The number of hydrogen-bond acceptors (Lipinski definition) is 6. The molecule has 1 atom stereocenters. The third-order valence-electron chi connectivity index (χ3n) is 4.87. The Kier molecular flexibility index (Phi) is 5.41. The number of nitrogens with zero attached hydrogens (tertiary/aromatic N) is 3. The lowest BCUT2D eigenvalue weighted by molar-refractivity contribution is -0.119. The van der Waals surface area contributed by atoms with Crippen molar-refractivity contribution in [3.8, 4) is 0 Å². The molecule has 1 aromatic heterocycles. The van der Waals surface area contributed by atoms with Gasteiger partial charge in [-0.15, -0.1) is 16.8 Å². The number of carbonyl (C=O) groups is 2. The van der Waals surface area contributed by atoms with E-state index in [2.05, 4.69) is 16.8 Å². The Morgan fingerprint density at radius 1 is 1.29 bits per heavy atom. The van der Waals surface area contributed by atoms with Gasteiger partial charge in [-0.3, -0.25) is 14.5 Å². The van der Waals surface area contributed by atoms with Crippen molar-refractivity contribution in [3.63, 3.8) is 0 Å². The van der Waals surface area contributed by atoms with E-state index in [0.29, 0.717) is 47.0 Å². The summed E-state index contributed by atoms with van der Waals surface area (Å²) in [5, 5.41) is 8.77. The monoisotopic (exact) mass is 415 g/mol. The zero-order valence-corrected chi connectivity index (χ0v) is 16.7. The number of ketones is 1. The number of allylic oxidation sites excluding steroid dienone is 2. The number of carbonyl (C=O) groups excluding carboxylic acids is 2. The van der Waals surface area contributed by atoms with Gasteiger partial charge in [0, 0.05) is 35.8 Å². The number of hydrogen-bond donors (Lipinski definition) is 0. The molecule has 1 aromatic carbocycles. The van der Waals surface area contributed by atoms with Gasteiger partial charge in [-0.2, -0.15) is 0 Å². The van der Waals surface area contributed by atoms with Crippen LogP contribution in [0.2, 0.25) is 0 Å². The molecule has 2 heterocycles. The van der Waals surface area contributed by atoms with Crippen LogP contribution < -0.4 is 4.90 Å². The quantitative estimate of drug-likeness (QED) is 0.409. The van der Waals surface area contributed by atoms with E-state index in [0.717, 1.165) is 4.34 Å². The lowest BCUT2D eigenvalue weighted by atomic mass is 9.77. The summed E-state index contributed by atoms with van der Waals surface area (Å²) in [6, 6.07) is 6.37. The Labute approximate surface area is 170 Å². The smallest absolute Gasteiger partial charge is 0.234 e. The molecule has 1 amide bonds. The van der Waals surface area contributed by atoms with Crippen LogP contribution in [-0.4, -0.2) is 27.6 Å². The highest BCUT2D eigenvalue weighted by Crippen LogP contribution is 2.44. The molecule has 1 aliphatic carbocycles. The van der Waals surface area contributed by atoms with Crippen LogP contribution in [-0.2, 0) is 9.59 Å². The zero-order chi connectivity index (χ0) is 19.7. The standard InChI is InChI=1S/C20H18FN3O2S2/c1-2-10-27-20-23-22-19(28-20)24-15-8-5-9-16(25)18(15)13(11-17(24)26)12-6-3-4-7-14(12)21/h2-4,6-7,13H,1,5,8-11H2/t13-/m0/s1. The maximum Gasteiger partial charge on any atom is 0.234 e. The van der Waals surface area contributed by atoms with E-state index in [1.54, 1.807) is 24.3 Å². The second-order valence-electron chi connectivity index (χ2n) is 6.59. The third kappa shape index (κ3) is 3.42. The first kappa shape index (κ1) is 19.0. The predicted molar refractivity (Wildman–Crippen MR) is 108 cm³/mol. The highest BCUT2D eigenvalue weighted by Gasteiger charge is 2.41. The molecule has 0 saturated heterocycles. The molecular formula is C20H18FN3O2S2. The van der Waals surface area contributed by atoms with Gasteiger partial charge in [0.25, 0.3) is 0 Å². The SMILES string of the molecule is C=CCSc1nnc(N2C(=O)C[C@@H](c3ccccc3F)C3=C2CCCC3=O)s1. The van der Waals surface area contributed by atoms with Crippen LogP contribution in [0.4, 0.5) is 9.52 Å². The lowest BCUT2D eigenvalue weighted by Crippen LogP contribution is -2.40. The van der Waals surface area contributed by atoms with Gasteiger partial charge >= 0.3 is 0 Å². The van der Waals surface area contributed by atoms with Crippen LogP contribution in [0.25, 0.3) is 0 Å². The van der Waals surface area contributed by atoms with E-state index in [9.17, 15) is 14.0 Å². The maximum atomic E-state index is 14.4. The van der Waals surface area contributed by atoms with E-state index >= 15 is 0 Å². The first-order valence-corrected chi connectivity index (χ1v) is 10.8.